The summed E-state index contributed by atoms with van der Waals surface area (Å²) in [4.78, 5) is 12.4. The Labute approximate surface area is 195 Å². The van der Waals surface area contributed by atoms with Crippen molar-refractivity contribution < 1.29 is 19.0 Å². The first-order valence-corrected chi connectivity index (χ1v) is 11.1. The second-order valence-electron chi connectivity index (χ2n) is 6.92. The van der Waals surface area contributed by atoms with E-state index in [4.69, 9.17) is 14.2 Å². The summed E-state index contributed by atoms with van der Waals surface area (Å²) in [5.74, 6) is 2.04. The first kappa shape index (κ1) is 22.4. The Balaban J connectivity index is 1.46. The number of rotatable bonds is 9. The number of amides is 1. The van der Waals surface area contributed by atoms with Gasteiger partial charge < -0.3 is 19.5 Å². The molecule has 4 rings (SSSR count). The molecule has 0 radical (unpaired) electrons. The van der Waals surface area contributed by atoms with Crippen molar-refractivity contribution >= 4 is 23.3 Å². The maximum absolute atomic E-state index is 12.4. The monoisotopic (exact) mass is 465 g/mol. The molecule has 0 saturated carbocycles. The van der Waals surface area contributed by atoms with Gasteiger partial charge in [0.2, 0.25) is 11.1 Å². The van der Waals surface area contributed by atoms with Gasteiger partial charge in [0.1, 0.15) is 5.75 Å². The molecule has 10 heteroatoms. The number of nitrogens with zero attached hydrogens (tertiary/aromatic N) is 4. The van der Waals surface area contributed by atoms with E-state index in [-0.39, 0.29) is 11.7 Å². The first-order valence-electron chi connectivity index (χ1n) is 10.1. The fourth-order valence-electron chi connectivity index (χ4n) is 3.23. The van der Waals surface area contributed by atoms with Gasteiger partial charge in [-0.15, -0.1) is 10.2 Å². The van der Waals surface area contributed by atoms with Crippen LogP contribution in [0.5, 0.6) is 17.2 Å². The molecule has 0 fully saturated rings. The number of para-hydroxylation sites is 1. The quantitative estimate of drug-likeness (QED) is 0.376. The predicted octanol–water partition coefficient (Wildman–Crippen LogP) is 3.23. The number of thioether (sulfide) groups is 1. The molecule has 0 unspecified atom stereocenters. The third-order valence-corrected chi connectivity index (χ3v) is 5.83. The van der Waals surface area contributed by atoms with E-state index in [2.05, 4.69) is 20.6 Å². The van der Waals surface area contributed by atoms with E-state index < -0.39 is 0 Å². The smallest absolute Gasteiger partial charge is 0.230 e. The van der Waals surface area contributed by atoms with Crippen LogP contribution in [-0.4, -0.2) is 52.8 Å². The zero-order valence-electron chi connectivity index (χ0n) is 18.4. The minimum absolute atomic E-state index is 0.126. The fourth-order valence-corrected chi connectivity index (χ4v) is 3.95. The van der Waals surface area contributed by atoms with E-state index in [1.54, 1.807) is 25.8 Å². The lowest BCUT2D eigenvalue weighted by Crippen LogP contribution is -2.24. The van der Waals surface area contributed by atoms with E-state index in [0.717, 1.165) is 16.9 Å². The van der Waals surface area contributed by atoms with E-state index in [1.807, 2.05) is 54.6 Å². The summed E-state index contributed by atoms with van der Waals surface area (Å²) in [6.45, 7) is 0.381. The lowest BCUT2D eigenvalue weighted by atomic mass is 10.1. The average molecular weight is 466 g/mol. The molecule has 1 N–H and O–H groups in total. The molecular weight excluding hydrogens is 442 g/mol. The van der Waals surface area contributed by atoms with Gasteiger partial charge in [-0.25, -0.2) is 0 Å². The molecule has 0 saturated heterocycles. The SMILES string of the molecule is COc1ccccc1CNC(=O)CSc1nnc2ccc(-c3ccc(OC)c(OC)c3)nn12. The third-order valence-electron chi connectivity index (χ3n) is 4.91. The van der Waals surface area contributed by atoms with Crippen LogP contribution in [0.2, 0.25) is 0 Å². The highest BCUT2D eigenvalue weighted by Gasteiger charge is 2.13. The largest absolute Gasteiger partial charge is 0.496 e. The molecule has 0 aliphatic carbocycles. The van der Waals surface area contributed by atoms with Crippen LogP contribution in [0.1, 0.15) is 5.56 Å². The van der Waals surface area contributed by atoms with Gasteiger partial charge >= 0.3 is 0 Å². The van der Waals surface area contributed by atoms with Crippen LogP contribution < -0.4 is 19.5 Å². The maximum atomic E-state index is 12.4. The summed E-state index contributed by atoms with van der Waals surface area (Å²) in [5.41, 5.74) is 3.07. The zero-order chi connectivity index (χ0) is 23.2. The van der Waals surface area contributed by atoms with Crippen molar-refractivity contribution in [2.45, 2.75) is 11.7 Å². The number of ether oxygens (including phenoxy) is 3. The normalized spacial score (nSPS) is 10.8. The van der Waals surface area contributed by atoms with Gasteiger partial charge in [-0.05, 0) is 36.4 Å². The second-order valence-corrected chi connectivity index (χ2v) is 7.86. The molecule has 170 valence electrons. The van der Waals surface area contributed by atoms with Gasteiger partial charge in [-0.3, -0.25) is 4.79 Å². The van der Waals surface area contributed by atoms with Crippen molar-refractivity contribution in [1.29, 1.82) is 0 Å². The number of aromatic nitrogens is 4. The second kappa shape index (κ2) is 10.2. The Hall–Kier alpha value is -3.79. The number of nitrogens with one attached hydrogen (secondary N) is 1. The van der Waals surface area contributed by atoms with Gasteiger partial charge in [0, 0.05) is 17.7 Å². The van der Waals surface area contributed by atoms with Crippen LogP contribution in [0, 0.1) is 0 Å². The number of hydrogen-bond acceptors (Lipinski definition) is 8. The Kier molecular flexibility index (Phi) is 6.94. The molecule has 0 spiro atoms. The summed E-state index contributed by atoms with van der Waals surface area (Å²) in [7, 11) is 4.79. The van der Waals surface area contributed by atoms with Crippen molar-refractivity contribution in [1.82, 2.24) is 25.1 Å². The first-order chi connectivity index (χ1) is 16.1. The van der Waals surface area contributed by atoms with E-state index in [9.17, 15) is 4.79 Å². The number of carbonyl (C=O) groups excluding carboxylic acids is 1. The molecule has 2 heterocycles. The molecular formula is C23H23N5O4S. The van der Waals surface area contributed by atoms with E-state index >= 15 is 0 Å². The van der Waals surface area contributed by atoms with Gasteiger partial charge in [-0.2, -0.15) is 9.61 Å². The lowest BCUT2D eigenvalue weighted by Gasteiger charge is -2.10. The number of methoxy groups -OCH3 is 3. The molecule has 0 aliphatic heterocycles. The van der Waals surface area contributed by atoms with E-state index in [0.29, 0.717) is 34.5 Å². The van der Waals surface area contributed by atoms with Gasteiger partial charge in [0.25, 0.3) is 0 Å². The molecule has 0 atom stereocenters. The molecule has 0 aliphatic rings. The summed E-state index contributed by atoms with van der Waals surface area (Å²) >= 11 is 1.27. The Morgan fingerprint density at radius 1 is 0.939 bits per heavy atom. The van der Waals surface area contributed by atoms with Crippen molar-refractivity contribution in [3.8, 4) is 28.5 Å². The summed E-state index contributed by atoms with van der Waals surface area (Å²) in [5, 5.41) is 16.4. The van der Waals surface area contributed by atoms with Crippen molar-refractivity contribution in [2.24, 2.45) is 0 Å². The number of carbonyl (C=O) groups is 1. The van der Waals surface area contributed by atoms with Crippen LogP contribution in [0.3, 0.4) is 0 Å². The lowest BCUT2D eigenvalue weighted by molar-refractivity contribution is -0.118. The van der Waals surface area contributed by atoms with Crippen LogP contribution in [0.15, 0.2) is 59.8 Å². The maximum Gasteiger partial charge on any atom is 0.230 e. The Morgan fingerprint density at radius 3 is 2.52 bits per heavy atom. The number of benzene rings is 2. The van der Waals surface area contributed by atoms with Crippen molar-refractivity contribution in [2.75, 3.05) is 27.1 Å². The minimum Gasteiger partial charge on any atom is -0.496 e. The third kappa shape index (κ3) is 5.01. The molecule has 9 nitrogen and oxygen atoms in total. The van der Waals surface area contributed by atoms with Crippen LogP contribution in [0.4, 0.5) is 0 Å². The molecule has 1 amide bonds. The van der Waals surface area contributed by atoms with Crippen molar-refractivity contribution in [3.05, 3.63) is 60.2 Å². The van der Waals surface area contributed by atoms with Gasteiger partial charge in [0.15, 0.2) is 17.1 Å². The fraction of sp³-hybridized carbons (Fsp3) is 0.217. The molecule has 0 bridgehead atoms. The predicted molar refractivity (Wildman–Crippen MR) is 125 cm³/mol. The number of hydrogen-bond donors (Lipinski definition) is 1. The molecule has 2 aromatic heterocycles. The van der Waals surface area contributed by atoms with Gasteiger partial charge in [-0.1, -0.05) is 30.0 Å². The van der Waals surface area contributed by atoms with Crippen LogP contribution >= 0.6 is 11.8 Å². The average Bonchev–Trinajstić information content (AvgIpc) is 3.28. The highest BCUT2D eigenvalue weighted by molar-refractivity contribution is 7.99. The summed E-state index contributed by atoms with van der Waals surface area (Å²) in [6.07, 6.45) is 0. The molecule has 2 aromatic carbocycles. The number of fused-ring (bicyclic) bond motifs is 1. The standard InChI is InChI=1S/C23H23N5O4S/c1-30-18-7-5-4-6-16(18)13-24-22(29)14-33-23-26-25-21-11-9-17(27-28(21)23)15-8-10-19(31-2)20(12-15)32-3/h4-12H,13-14H2,1-3H3,(H,24,29). The van der Waals surface area contributed by atoms with Crippen LogP contribution in [-0.2, 0) is 11.3 Å². The highest BCUT2D eigenvalue weighted by Crippen LogP contribution is 2.31. The molecule has 4 aromatic rings. The summed E-state index contributed by atoms with van der Waals surface area (Å²) < 4.78 is 17.6. The summed E-state index contributed by atoms with van der Waals surface area (Å²) in [6, 6.07) is 16.8. The Morgan fingerprint density at radius 2 is 1.73 bits per heavy atom. The van der Waals surface area contributed by atoms with Crippen LogP contribution in [0.25, 0.3) is 16.9 Å². The zero-order valence-corrected chi connectivity index (χ0v) is 19.3. The Bertz CT molecular complexity index is 1280. The van der Waals surface area contributed by atoms with Crippen molar-refractivity contribution in [3.63, 3.8) is 0 Å². The topological polar surface area (TPSA) is 99.9 Å². The molecule has 33 heavy (non-hydrogen) atoms. The highest BCUT2D eigenvalue weighted by atomic mass is 32.2. The van der Waals surface area contributed by atoms with Gasteiger partial charge in [0.05, 0.1) is 32.8 Å². The minimum atomic E-state index is -0.126. The van der Waals surface area contributed by atoms with E-state index in [1.165, 1.54) is 11.8 Å².